The van der Waals surface area contributed by atoms with Gasteiger partial charge < -0.3 is 10.2 Å². The molecule has 1 aliphatic heterocycles. The Morgan fingerprint density at radius 3 is 2.76 bits per heavy atom. The first kappa shape index (κ1) is 20.2. The highest BCUT2D eigenvalue weighted by molar-refractivity contribution is 7.09. The third-order valence-corrected chi connectivity index (χ3v) is 6.01. The molecule has 0 atom stereocenters. The van der Waals surface area contributed by atoms with E-state index in [9.17, 15) is 0 Å². The lowest BCUT2D eigenvalue weighted by atomic mass is 9.97. The Labute approximate surface area is 157 Å². The second-order valence-corrected chi connectivity index (χ2v) is 7.95. The minimum atomic E-state index is 0.745. The number of guanidine groups is 1. The van der Waals surface area contributed by atoms with E-state index in [-0.39, 0.29) is 0 Å². The molecule has 1 N–H and O–H groups in total. The van der Waals surface area contributed by atoms with Crippen molar-refractivity contribution >= 4 is 17.3 Å². The maximum Gasteiger partial charge on any atom is 0.193 e. The van der Waals surface area contributed by atoms with Crippen LogP contribution in [0, 0.1) is 5.92 Å². The Morgan fingerprint density at radius 2 is 2.16 bits per heavy atom. The van der Waals surface area contributed by atoms with Crippen LogP contribution in [0.2, 0.25) is 0 Å². The number of unbranched alkanes of at least 4 members (excludes halogenated alkanes) is 1. The summed E-state index contributed by atoms with van der Waals surface area (Å²) in [6.45, 7) is 9.88. The van der Waals surface area contributed by atoms with Crippen LogP contribution in [0.1, 0.15) is 50.2 Å². The Balaban J connectivity index is 1.69. The molecule has 1 aliphatic rings. The minimum absolute atomic E-state index is 0.745. The number of thiazole rings is 1. The van der Waals surface area contributed by atoms with Crippen molar-refractivity contribution in [3.05, 3.63) is 16.1 Å². The quantitative estimate of drug-likeness (QED) is 0.567. The highest BCUT2D eigenvalue weighted by atomic mass is 32.1. The van der Waals surface area contributed by atoms with E-state index in [0.717, 1.165) is 37.9 Å². The van der Waals surface area contributed by atoms with E-state index in [1.807, 2.05) is 7.05 Å². The molecule has 1 fully saturated rings. The topological polar surface area (TPSA) is 43.8 Å². The zero-order valence-electron chi connectivity index (χ0n) is 16.4. The number of likely N-dealkylation sites (tertiary alicyclic amines) is 1. The van der Waals surface area contributed by atoms with Crippen LogP contribution < -0.4 is 5.32 Å². The second kappa shape index (κ2) is 10.8. The van der Waals surface area contributed by atoms with Crippen LogP contribution in [-0.4, -0.2) is 61.0 Å². The highest BCUT2D eigenvalue weighted by Crippen LogP contribution is 2.19. The van der Waals surface area contributed by atoms with Gasteiger partial charge in [-0.15, -0.1) is 11.3 Å². The number of hydrogen-bond acceptors (Lipinski definition) is 4. The summed E-state index contributed by atoms with van der Waals surface area (Å²) in [4.78, 5) is 13.9. The molecule has 2 rings (SSSR count). The molecule has 142 valence electrons. The van der Waals surface area contributed by atoms with Gasteiger partial charge in [-0.25, -0.2) is 4.98 Å². The van der Waals surface area contributed by atoms with Gasteiger partial charge in [-0.05, 0) is 44.7 Å². The van der Waals surface area contributed by atoms with Crippen molar-refractivity contribution in [3.63, 3.8) is 0 Å². The molecule has 1 saturated heterocycles. The summed E-state index contributed by atoms with van der Waals surface area (Å²) in [5.74, 6) is 1.78. The number of aromatic nitrogens is 1. The number of nitrogens with zero attached hydrogens (tertiary/aromatic N) is 4. The smallest absolute Gasteiger partial charge is 0.193 e. The molecule has 0 aliphatic carbocycles. The van der Waals surface area contributed by atoms with Crippen LogP contribution in [0.5, 0.6) is 0 Å². The van der Waals surface area contributed by atoms with Crippen LogP contribution in [-0.2, 0) is 13.0 Å². The van der Waals surface area contributed by atoms with Crippen LogP contribution in [0.4, 0.5) is 0 Å². The summed E-state index contributed by atoms with van der Waals surface area (Å²) in [7, 11) is 4.01. The normalized spacial score (nSPS) is 17.0. The van der Waals surface area contributed by atoms with Crippen LogP contribution in [0.15, 0.2) is 10.4 Å². The number of piperidine rings is 1. The molecule has 0 spiro atoms. The number of hydrogen-bond donors (Lipinski definition) is 1. The number of aliphatic imine (C=N–C) groups is 1. The van der Waals surface area contributed by atoms with E-state index in [0.29, 0.717) is 0 Å². The Hall–Kier alpha value is -1.14. The number of nitrogens with one attached hydrogen (secondary N) is 1. The zero-order valence-corrected chi connectivity index (χ0v) is 17.2. The summed E-state index contributed by atoms with van der Waals surface area (Å²) >= 11 is 1.80. The van der Waals surface area contributed by atoms with Gasteiger partial charge in [0, 0.05) is 39.1 Å². The molecule has 25 heavy (non-hydrogen) atoms. The Morgan fingerprint density at radius 1 is 1.40 bits per heavy atom. The Bertz CT molecular complexity index is 520. The van der Waals surface area contributed by atoms with Gasteiger partial charge in [0.25, 0.3) is 0 Å². The Kier molecular flexibility index (Phi) is 8.68. The molecule has 0 amide bonds. The molecule has 1 aromatic rings. The van der Waals surface area contributed by atoms with Gasteiger partial charge in [0.15, 0.2) is 5.96 Å². The summed E-state index contributed by atoms with van der Waals surface area (Å²) < 4.78 is 0. The van der Waals surface area contributed by atoms with Crippen molar-refractivity contribution in [2.75, 3.05) is 40.3 Å². The van der Waals surface area contributed by atoms with Gasteiger partial charge in [-0.2, -0.15) is 0 Å². The average Bonchev–Trinajstić information content (AvgIpc) is 3.09. The third kappa shape index (κ3) is 6.59. The van der Waals surface area contributed by atoms with Crippen molar-refractivity contribution in [1.82, 2.24) is 20.1 Å². The molecule has 0 saturated carbocycles. The van der Waals surface area contributed by atoms with Crippen molar-refractivity contribution in [3.8, 4) is 0 Å². The largest absolute Gasteiger partial charge is 0.356 e. The monoisotopic (exact) mass is 365 g/mol. The van der Waals surface area contributed by atoms with Crippen molar-refractivity contribution < 1.29 is 0 Å². The first-order valence-electron chi connectivity index (χ1n) is 9.73. The predicted molar refractivity (Wildman–Crippen MR) is 108 cm³/mol. The predicted octanol–water partition coefficient (Wildman–Crippen LogP) is 3.22. The van der Waals surface area contributed by atoms with Crippen LogP contribution in [0.3, 0.4) is 0 Å². The lowest BCUT2D eigenvalue weighted by Crippen LogP contribution is -2.43. The van der Waals surface area contributed by atoms with Crippen molar-refractivity contribution in [1.29, 1.82) is 0 Å². The van der Waals surface area contributed by atoms with Crippen molar-refractivity contribution in [2.45, 2.75) is 52.5 Å². The third-order valence-electron chi connectivity index (χ3n) is 4.96. The van der Waals surface area contributed by atoms with E-state index >= 15 is 0 Å². The summed E-state index contributed by atoms with van der Waals surface area (Å²) in [6.07, 6.45) is 6.00. The molecule has 1 aromatic heterocycles. The van der Waals surface area contributed by atoms with Gasteiger partial charge in [0.1, 0.15) is 0 Å². The van der Waals surface area contributed by atoms with E-state index in [1.54, 1.807) is 11.3 Å². The fourth-order valence-corrected chi connectivity index (χ4v) is 4.02. The van der Waals surface area contributed by atoms with Gasteiger partial charge in [0.05, 0.1) is 10.7 Å². The second-order valence-electron chi connectivity index (χ2n) is 7.01. The average molecular weight is 366 g/mol. The first-order valence-corrected chi connectivity index (χ1v) is 10.6. The number of aryl methyl sites for hydroxylation is 1. The van der Waals surface area contributed by atoms with E-state index < -0.39 is 0 Å². The molecular weight excluding hydrogens is 330 g/mol. The van der Waals surface area contributed by atoms with E-state index in [2.05, 4.69) is 46.4 Å². The molecule has 0 aromatic carbocycles. The fraction of sp³-hybridized carbons (Fsp3) is 0.789. The molecule has 0 radical (unpaired) electrons. The molecular formula is C19H35N5S. The lowest BCUT2D eigenvalue weighted by Gasteiger charge is -2.32. The standard InChI is InChI=1S/C19H35N5S/c1-5-7-10-23(4)19(20-3)21-13-16-8-11-24(12-9-16)14-17-15-25-18(6-2)22-17/h15-16H,5-14H2,1-4H3,(H,20,21). The molecule has 0 bridgehead atoms. The van der Waals surface area contributed by atoms with Gasteiger partial charge in [-0.3, -0.25) is 9.89 Å². The van der Waals surface area contributed by atoms with Gasteiger partial charge in [0.2, 0.25) is 0 Å². The maximum absolute atomic E-state index is 4.70. The zero-order chi connectivity index (χ0) is 18.1. The molecule has 2 heterocycles. The van der Waals surface area contributed by atoms with E-state index in [4.69, 9.17) is 4.98 Å². The first-order chi connectivity index (χ1) is 12.2. The SMILES string of the molecule is CCCCN(C)C(=NC)NCC1CCN(Cc2csc(CC)n2)CC1. The van der Waals surface area contributed by atoms with Gasteiger partial charge >= 0.3 is 0 Å². The highest BCUT2D eigenvalue weighted by Gasteiger charge is 2.20. The minimum Gasteiger partial charge on any atom is -0.356 e. The summed E-state index contributed by atoms with van der Waals surface area (Å²) in [6, 6.07) is 0. The van der Waals surface area contributed by atoms with Gasteiger partial charge in [-0.1, -0.05) is 20.3 Å². The number of rotatable bonds is 8. The molecule has 6 heteroatoms. The molecule has 0 unspecified atom stereocenters. The molecule has 5 nitrogen and oxygen atoms in total. The van der Waals surface area contributed by atoms with E-state index in [1.165, 1.54) is 49.5 Å². The van der Waals surface area contributed by atoms with Crippen molar-refractivity contribution in [2.24, 2.45) is 10.9 Å². The van der Waals surface area contributed by atoms with Crippen LogP contribution >= 0.6 is 11.3 Å². The fourth-order valence-electron chi connectivity index (χ4n) is 3.28. The maximum atomic E-state index is 4.70. The lowest BCUT2D eigenvalue weighted by molar-refractivity contribution is 0.176. The van der Waals surface area contributed by atoms with Crippen LogP contribution in [0.25, 0.3) is 0 Å². The summed E-state index contributed by atoms with van der Waals surface area (Å²) in [5, 5.41) is 7.05. The summed E-state index contributed by atoms with van der Waals surface area (Å²) in [5.41, 5.74) is 1.25.